The summed E-state index contributed by atoms with van der Waals surface area (Å²) in [5.74, 6) is 0.235. The molecule has 0 atom stereocenters. The van der Waals surface area contributed by atoms with Crippen LogP contribution in [0.15, 0.2) is 59.9 Å². The van der Waals surface area contributed by atoms with E-state index in [4.69, 9.17) is 0 Å². The van der Waals surface area contributed by atoms with Crippen molar-refractivity contribution in [1.29, 1.82) is 0 Å². The number of hydrogen-bond donors (Lipinski definition) is 2. The molecule has 1 aromatic heterocycles. The minimum Gasteiger partial charge on any atom is -0.316 e. The van der Waals surface area contributed by atoms with Crippen LogP contribution in [0.5, 0.6) is 0 Å². The molecule has 0 saturated heterocycles. The van der Waals surface area contributed by atoms with Gasteiger partial charge in [0, 0.05) is 27.5 Å². The Hall–Kier alpha value is -2.68. The van der Waals surface area contributed by atoms with Crippen molar-refractivity contribution in [3.8, 4) is 0 Å². The third-order valence-electron chi connectivity index (χ3n) is 4.61. The van der Waals surface area contributed by atoms with Crippen molar-refractivity contribution in [2.75, 3.05) is 5.32 Å². The van der Waals surface area contributed by atoms with Crippen LogP contribution >= 0.6 is 20.7 Å². The molecule has 2 aliphatic rings. The van der Waals surface area contributed by atoms with Crippen molar-refractivity contribution in [2.45, 2.75) is 19.3 Å². The highest BCUT2D eigenvalue weighted by atomic mass is 127. The fourth-order valence-electron chi connectivity index (χ4n) is 2.83. The number of pyridine rings is 1. The van der Waals surface area contributed by atoms with Gasteiger partial charge in [0.2, 0.25) is 5.91 Å². The number of benzene rings is 1. The number of carbonyl (C=O) groups is 2. The zero-order valence-corrected chi connectivity index (χ0v) is 17.2. The van der Waals surface area contributed by atoms with Gasteiger partial charge in [0.15, 0.2) is 0 Å². The van der Waals surface area contributed by atoms with E-state index in [0.29, 0.717) is 11.4 Å². The lowest BCUT2D eigenvalue weighted by Gasteiger charge is -2.23. The second kappa shape index (κ2) is 8.55. The summed E-state index contributed by atoms with van der Waals surface area (Å²) in [5, 5.41) is 5.76. The summed E-state index contributed by atoms with van der Waals surface area (Å²) in [6.07, 6.45) is 8.04. The lowest BCUT2D eigenvalue weighted by molar-refractivity contribution is -0.122. The van der Waals surface area contributed by atoms with Gasteiger partial charge in [0.25, 0.3) is 5.91 Å². The number of carbonyl (C=O) groups excluding carboxylic acids is 2. The largest absolute Gasteiger partial charge is 0.316 e. The Balaban J connectivity index is 1.44. The summed E-state index contributed by atoms with van der Waals surface area (Å²) >= 11 is -0.536. The minimum atomic E-state index is -0.536. The number of halogens is 1. The highest BCUT2D eigenvalue weighted by molar-refractivity contribution is 14.2. The average Bonchev–Trinajstić information content (AvgIpc) is 2.68. The summed E-state index contributed by atoms with van der Waals surface area (Å²) < 4.78 is 1.99. The summed E-state index contributed by atoms with van der Waals surface area (Å²) in [6, 6.07) is 13.3. The van der Waals surface area contributed by atoms with Gasteiger partial charge in [-0.2, -0.15) is 0 Å². The van der Waals surface area contributed by atoms with Gasteiger partial charge < -0.3 is 10.6 Å². The van der Waals surface area contributed by atoms with E-state index in [1.165, 1.54) is 6.20 Å². The van der Waals surface area contributed by atoms with Gasteiger partial charge in [-0.05, 0) is 30.5 Å². The molecule has 1 fully saturated rings. The first kappa shape index (κ1) is 18.7. The topological polar surface area (TPSA) is 83.4 Å². The van der Waals surface area contributed by atoms with Gasteiger partial charge in [-0.3, -0.25) is 14.6 Å². The van der Waals surface area contributed by atoms with Crippen LogP contribution in [-0.4, -0.2) is 26.6 Å². The van der Waals surface area contributed by atoms with E-state index in [1.54, 1.807) is 18.3 Å². The molecule has 28 heavy (non-hydrogen) atoms. The summed E-state index contributed by atoms with van der Waals surface area (Å²) in [7, 11) is 0. The first-order valence-electron chi connectivity index (χ1n) is 9.08. The highest BCUT2D eigenvalue weighted by Crippen LogP contribution is 2.29. The van der Waals surface area contributed by atoms with Crippen LogP contribution < -0.4 is 10.6 Å². The molecule has 6 nitrogen and oxygen atoms in total. The van der Waals surface area contributed by atoms with E-state index in [9.17, 15) is 9.59 Å². The van der Waals surface area contributed by atoms with Gasteiger partial charge in [0.05, 0.1) is 9.85 Å². The number of amides is 2. The maximum absolute atomic E-state index is 12.7. The Morgan fingerprint density at radius 2 is 1.89 bits per heavy atom. The van der Waals surface area contributed by atoms with Gasteiger partial charge in [-0.25, -0.2) is 4.98 Å². The second-order valence-electron chi connectivity index (χ2n) is 6.56. The Morgan fingerprint density at radius 1 is 1.07 bits per heavy atom. The maximum atomic E-state index is 12.7. The number of nitrogens with zero attached hydrogens (tertiary/aromatic N) is 2. The fraction of sp³-hybridized carbons (Fsp3) is 0.190. The normalized spacial score (nSPS) is 16.1. The SMILES string of the molecule is O=C(NC1=IC(c2ccccc2)=CN=C1)c1ccnc(NC(=O)C2CCC2)c1. The van der Waals surface area contributed by atoms with Gasteiger partial charge in [-0.15, -0.1) is 0 Å². The summed E-state index contributed by atoms with van der Waals surface area (Å²) in [5.41, 5.74) is 1.59. The molecule has 2 amide bonds. The van der Waals surface area contributed by atoms with Crippen molar-refractivity contribution in [2.24, 2.45) is 10.9 Å². The predicted molar refractivity (Wildman–Crippen MR) is 120 cm³/mol. The molecule has 2 heterocycles. The van der Waals surface area contributed by atoms with Crippen LogP contribution in [0.25, 0.3) is 3.58 Å². The molecule has 2 N–H and O–H groups in total. The van der Waals surface area contributed by atoms with Crippen molar-refractivity contribution in [3.63, 3.8) is 0 Å². The monoisotopic (exact) mass is 486 g/mol. The molecule has 1 aliphatic heterocycles. The predicted octanol–water partition coefficient (Wildman–Crippen LogP) is 3.73. The number of rotatable bonds is 5. The molecule has 0 radical (unpaired) electrons. The third kappa shape index (κ3) is 4.41. The van der Waals surface area contributed by atoms with E-state index in [1.807, 2.05) is 36.5 Å². The number of aliphatic imine (C=N–C) groups is 1. The smallest absolute Gasteiger partial charge is 0.256 e. The van der Waals surface area contributed by atoms with E-state index in [0.717, 1.165) is 32.0 Å². The molecule has 7 heteroatoms. The van der Waals surface area contributed by atoms with Crippen molar-refractivity contribution in [3.05, 3.63) is 66.0 Å². The fourth-order valence-corrected chi connectivity index (χ4v) is 5.11. The van der Waals surface area contributed by atoms with E-state index in [-0.39, 0.29) is 17.7 Å². The Kier molecular flexibility index (Phi) is 5.70. The molecule has 1 saturated carbocycles. The van der Waals surface area contributed by atoms with Crippen molar-refractivity contribution >= 4 is 51.8 Å². The Labute approximate surface area is 172 Å². The summed E-state index contributed by atoms with van der Waals surface area (Å²) in [6.45, 7) is 0. The molecule has 0 bridgehead atoms. The van der Waals surface area contributed by atoms with Crippen LogP contribution in [0.1, 0.15) is 35.2 Å². The Bertz CT molecular complexity index is 994. The van der Waals surface area contributed by atoms with E-state index >= 15 is 0 Å². The molecule has 2 aromatic rings. The Morgan fingerprint density at radius 3 is 2.64 bits per heavy atom. The van der Waals surface area contributed by atoms with E-state index < -0.39 is 20.7 Å². The second-order valence-corrected chi connectivity index (χ2v) is 9.43. The molecule has 1 aromatic carbocycles. The zero-order chi connectivity index (χ0) is 19.3. The number of nitrogens with one attached hydrogen (secondary N) is 2. The highest BCUT2D eigenvalue weighted by Gasteiger charge is 2.25. The molecular weight excluding hydrogens is 467 g/mol. The molecule has 1 aliphatic carbocycles. The molecule has 0 unspecified atom stereocenters. The van der Waals surface area contributed by atoms with Crippen LogP contribution in [0, 0.1) is 5.92 Å². The lowest BCUT2D eigenvalue weighted by Crippen LogP contribution is -2.31. The first-order valence-corrected chi connectivity index (χ1v) is 11.2. The van der Waals surface area contributed by atoms with Crippen LogP contribution in [-0.2, 0) is 4.79 Å². The first-order chi connectivity index (χ1) is 13.7. The summed E-state index contributed by atoms with van der Waals surface area (Å²) in [4.78, 5) is 33.2. The van der Waals surface area contributed by atoms with Gasteiger partial charge in [-0.1, -0.05) is 57.5 Å². The average molecular weight is 486 g/mol. The standard InChI is InChI=1S/C21H19IN4O2/c27-20(15-7-4-8-15)26-19-11-16(9-10-24-19)21(28)25-18-13-23-12-17(22-18)14-5-2-1-3-6-14/h1-3,5-6,9-13,15H,4,7-8H2,(H,25,28)(H,24,26,27). The molecule has 142 valence electrons. The quantitative estimate of drug-likeness (QED) is 0.632. The zero-order valence-electron chi connectivity index (χ0n) is 15.1. The number of aromatic nitrogens is 1. The third-order valence-corrected chi connectivity index (χ3v) is 7.22. The molecular formula is C21H19IN4O2. The lowest BCUT2D eigenvalue weighted by atomic mass is 9.85. The van der Waals surface area contributed by atoms with Crippen LogP contribution in [0.3, 0.4) is 0 Å². The number of anilines is 1. The minimum absolute atomic E-state index is 0.0198. The van der Waals surface area contributed by atoms with Crippen molar-refractivity contribution < 1.29 is 9.59 Å². The van der Waals surface area contributed by atoms with Crippen LogP contribution in [0.2, 0.25) is 0 Å². The molecule has 4 rings (SSSR count). The maximum Gasteiger partial charge on any atom is 0.256 e. The van der Waals surface area contributed by atoms with Crippen molar-refractivity contribution in [1.82, 2.24) is 10.3 Å². The van der Waals surface area contributed by atoms with Gasteiger partial charge in [0.1, 0.15) is 5.82 Å². The van der Waals surface area contributed by atoms with Gasteiger partial charge >= 0.3 is 0 Å². The van der Waals surface area contributed by atoms with E-state index in [2.05, 4.69) is 20.6 Å². The molecule has 0 spiro atoms. The number of hydrogen-bond acceptors (Lipinski definition) is 4. The van der Waals surface area contributed by atoms with Crippen LogP contribution in [0.4, 0.5) is 5.82 Å².